The Kier molecular flexibility index (Phi) is 4.96. The fourth-order valence-corrected chi connectivity index (χ4v) is 3.55. The molecule has 1 aromatic carbocycles. The lowest BCUT2D eigenvalue weighted by Crippen LogP contribution is -2.31. The lowest BCUT2D eigenvalue weighted by Gasteiger charge is -2.22. The van der Waals surface area contributed by atoms with Crippen molar-refractivity contribution in [1.29, 1.82) is 0 Å². The first kappa shape index (κ1) is 17.4. The highest BCUT2D eigenvalue weighted by molar-refractivity contribution is 5.94. The van der Waals surface area contributed by atoms with Gasteiger partial charge in [-0.1, -0.05) is 12.1 Å². The standard InChI is InChI=1S/C21H23N3O3/c1-26-16-10-8-15(9-11-16)13-24(14-17-5-4-12-27-17)21(25)20-18-6-2-3-7-19(18)22-23-20/h4-5,8-12H,2-3,6-7,13-14H2,1H3,(H,22,23). The van der Waals surface area contributed by atoms with Crippen LogP contribution in [0, 0.1) is 0 Å². The van der Waals surface area contributed by atoms with Crippen molar-refractivity contribution in [2.45, 2.75) is 38.8 Å². The van der Waals surface area contributed by atoms with Gasteiger partial charge in [0.2, 0.25) is 0 Å². The molecule has 140 valence electrons. The van der Waals surface area contributed by atoms with Crippen molar-refractivity contribution in [3.63, 3.8) is 0 Å². The molecule has 2 aromatic heterocycles. The Morgan fingerprint density at radius 3 is 2.74 bits per heavy atom. The van der Waals surface area contributed by atoms with Gasteiger partial charge >= 0.3 is 0 Å². The fraction of sp³-hybridized carbons (Fsp3) is 0.333. The highest BCUT2D eigenvalue weighted by Gasteiger charge is 2.26. The number of aromatic amines is 1. The van der Waals surface area contributed by atoms with E-state index in [1.54, 1.807) is 18.3 Å². The number of methoxy groups -OCH3 is 1. The van der Waals surface area contributed by atoms with Crippen LogP contribution < -0.4 is 4.74 Å². The Hall–Kier alpha value is -3.02. The van der Waals surface area contributed by atoms with Gasteiger partial charge in [0.25, 0.3) is 5.91 Å². The number of benzene rings is 1. The number of hydrogen-bond acceptors (Lipinski definition) is 4. The van der Waals surface area contributed by atoms with Crippen LogP contribution in [0.1, 0.15) is 45.9 Å². The van der Waals surface area contributed by atoms with E-state index in [9.17, 15) is 4.79 Å². The molecule has 1 amide bonds. The zero-order valence-corrected chi connectivity index (χ0v) is 15.4. The van der Waals surface area contributed by atoms with Crippen LogP contribution in [0.5, 0.6) is 5.75 Å². The number of carbonyl (C=O) groups is 1. The number of nitrogens with one attached hydrogen (secondary N) is 1. The second-order valence-corrected chi connectivity index (χ2v) is 6.83. The Morgan fingerprint density at radius 1 is 1.19 bits per heavy atom. The van der Waals surface area contributed by atoms with Crippen molar-refractivity contribution in [1.82, 2.24) is 15.1 Å². The minimum absolute atomic E-state index is 0.0679. The van der Waals surface area contributed by atoms with Crippen LogP contribution in [0.25, 0.3) is 0 Å². The molecule has 6 heteroatoms. The normalized spacial score (nSPS) is 13.2. The number of H-pyrrole nitrogens is 1. The largest absolute Gasteiger partial charge is 0.497 e. The number of aryl methyl sites for hydroxylation is 1. The van der Waals surface area contributed by atoms with E-state index in [-0.39, 0.29) is 5.91 Å². The molecule has 0 fully saturated rings. The molecule has 0 aliphatic heterocycles. The van der Waals surface area contributed by atoms with Crippen LogP contribution in [-0.2, 0) is 25.9 Å². The molecular formula is C21H23N3O3. The summed E-state index contributed by atoms with van der Waals surface area (Å²) in [6.07, 6.45) is 5.74. The first-order valence-electron chi connectivity index (χ1n) is 9.25. The number of carbonyl (C=O) groups excluding carboxylic acids is 1. The Labute approximate surface area is 158 Å². The summed E-state index contributed by atoms with van der Waals surface area (Å²) in [5.41, 5.74) is 3.75. The number of ether oxygens (including phenoxy) is 1. The number of aromatic nitrogens is 2. The number of nitrogens with zero attached hydrogens (tertiary/aromatic N) is 2. The average Bonchev–Trinajstić information content (AvgIpc) is 3.37. The predicted molar refractivity (Wildman–Crippen MR) is 101 cm³/mol. The van der Waals surface area contributed by atoms with Crippen molar-refractivity contribution in [2.24, 2.45) is 0 Å². The number of furan rings is 1. The third kappa shape index (κ3) is 3.74. The third-order valence-electron chi connectivity index (χ3n) is 5.01. The van der Waals surface area contributed by atoms with E-state index in [1.807, 2.05) is 36.4 Å². The van der Waals surface area contributed by atoms with Crippen LogP contribution in [-0.4, -0.2) is 28.1 Å². The second kappa shape index (κ2) is 7.70. The molecule has 27 heavy (non-hydrogen) atoms. The molecule has 2 heterocycles. The fourth-order valence-electron chi connectivity index (χ4n) is 3.55. The topological polar surface area (TPSA) is 71.4 Å². The molecule has 0 atom stereocenters. The van der Waals surface area contributed by atoms with E-state index in [1.165, 1.54) is 0 Å². The summed E-state index contributed by atoms with van der Waals surface area (Å²) in [4.78, 5) is 15.1. The molecule has 0 unspecified atom stereocenters. The van der Waals surface area contributed by atoms with Crippen LogP contribution in [0.4, 0.5) is 0 Å². The third-order valence-corrected chi connectivity index (χ3v) is 5.01. The van der Waals surface area contributed by atoms with Gasteiger partial charge in [-0.3, -0.25) is 9.89 Å². The van der Waals surface area contributed by atoms with Gasteiger partial charge in [-0.15, -0.1) is 0 Å². The van der Waals surface area contributed by atoms with Gasteiger partial charge in [0.1, 0.15) is 11.5 Å². The van der Waals surface area contributed by atoms with E-state index >= 15 is 0 Å². The van der Waals surface area contributed by atoms with E-state index < -0.39 is 0 Å². The zero-order valence-electron chi connectivity index (χ0n) is 15.4. The highest BCUT2D eigenvalue weighted by Crippen LogP contribution is 2.24. The Balaban J connectivity index is 1.60. The molecule has 0 saturated heterocycles. The summed E-state index contributed by atoms with van der Waals surface area (Å²) >= 11 is 0. The van der Waals surface area contributed by atoms with Gasteiger partial charge in [-0.25, -0.2) is 0 Å². The van der Waals surface area contributed by atoms with Crippen molar-refractivity contribution < 1.29 is 13.9 Å². The van der Waals surface area contributed by atoms with Crippen molar-refractivity contribution in [2.75, 3.05) is 7.11 Å². The van der Waals surface area contributed by atoms with E-state index in [4.69, 9.17) is 9.15 Å². The van der Waals surface area contributed by atoms with Crippen molar-refractivity contribution in [3.8, 4) is 5.75 Å². The predicted octanol–water partition coefficient (Wildman–Crippen LogP) is 3.73. The molecule has 0 radical (unpaired) electrons. The van der Waals surface area contributed by atoms with Gasteiger partial charge in [0.15, 0.2) is 5.69 Å². The molecular weight excluding hydrogens is 342 g/mol. The summed E-state index contributed by atoms with van der Waals surface area (Å²) in [5.74, 6) is 1.48. The SMILES string of the molecule is COc1ccc(CN(Cc2ccco2)C(=O)c2n[nH]c3c2CCCC3)cc1. The van der Waals surface area contributed by atoms with Crippen LogP contribution >= 0.6 is 0 Å². The second-order valence-electron chi connectivity index (χ2n) is 6.83. The maximum atomic E-state index is 13.3. The monoisotopic (exact) mass is 365 g/mol. The summed E-state index contributed by atoms with van der Waals surface area (Å²) in [5, 5.41) is 7.41. The maximum Gasteiger partial charge on any atom is 0.275 e. The molecule has 1 aliphatic rings. The van der Waals surface area contributed by atoms with E-state index in [2.05, 4.69) is 10.2 Å². The summed E-state index contributed by atoms with van der Waals surface area (Å²) < 4.78 is 10.7. The average molecular weight is 365 g/mol. The van der Waals surface area contributed by atoms with Crippen molar-refractivity contribution in [3.05, 3.63) is 70.9 Å². The van der Waals surface area contributed by atoms with Gasteiger partial charge < -0.3 is 14.1 Å². The highest BCUT2D eigenvalue weighted by atomic mass is 16.5. The smallest absolute Gasteiger partial charge is 0.275 e. The quantitative estimate of drug-likeness (QED) is 0.722. The minimum atomic E-state index is -0.0679. The minimum Gasteiger partial charge on any atom is -0.497 e. The van der Waals surface area contributed by atoms with E-state index in [0.29, 0.717) is 18.8 Å². The van der Waals surface area contributed by atoms with Gasteiger partial charge in [-0.05, 0) is 55.5 Å². The number of rotatable bonds is 6. The molecule has 0 saturated carbocycles. The van der Waals surface area contributed by atoms with Crippen molar-refractivity contribution >= 4 is 5.91 Å². The number of amides is 1. The Bertz CT molecular complexity index is 897. The molecule has 1 N–H and O–H groups in total. The van der Waals surface area contributed by atoms with E-state index in [0.717, 1.165) is 54.0 Å². The molecule has 6 nitrogen and oxygen atoms in total. The number of hydrogen-bond donors (Lipinski definition) is 1. The first-order valence-corrected chi connectivity index (χ1v) is 9.25. The summed E-state index contributed by atoms with van der Waals surface area (Å²) in [6.45, 7) is 0.880. The van der Waals surface area contributed by atoms with Gasteiger partial charge in [0, 0.05) is 17.8 Å². The molecule has 1 aliphatic carbocycles. The number of fused-ring (bicyclic) bond motifs is 1. The molecule has 0 bridgehead atoms. The molecule has 3 aromatic rings. The Morgan fingerprint density at radius 2 is 2.00 bits per heavy atom. The maximum absolute atomic E-state index is 13.3. The summed E-state index contributed by atoms with van der Waals surface area (Å²) in [6, 6.07) is 11.5. The van der Waals surface area contributed by atoms with Gasteiger partial charge in [0.05, 0.1) is 19.9 Å². The molecule has 0 spiro atoms. The van der Waals surface area contributed by atoms with Crippen LogP contribution in [0.15, 0.2) is 47.1 Å². The lowest BCUT2D eigenvalue weighted by atomic mass is 9.95. The zero-order chi connectivity index (χ0) is 18.6. The van der Waals surface area contributed by atoms with Crippen LogP contribution in [0.2, 0.25) is 0 Å². The first-order chi connectivity index (χ1) is 13.2. The van der Waals surface area contributed by atoms with Gasteiger partial charge in [-0.2, -0.15) is 5.10 Å². The lowest BCUT2D eigenvalue weighted by molar-refractivity contribution is 0.0710. The molecule has 4 rings (SSSR count). The summed E-state index contributed by atoms with van der Waals surface area (Å²) in [7, 11) is 1.64. The van der Waals surface area contributed by atoms with Crippen LogP contribution in [0.3, 0.4) is 0 Å².